The summed E-state index contributed by atoms with van der Waals surface area (Å²) in [5.41, 5.74) is 6.69. The first-order chi connectivity index (χ1) is 7.59. The lowest BCUT2D eigenvalue weighted by molar-refractivity contribution is 0.104. The van der Waals surface area contributed by atoms with Crippen LogP contribution in [0, 0.1) is 0 Å². The molecule has 1 aromatic heterocycles. The van der Waals surface area contributed by atoms with Crippen LogP contribution in [0.5, 0.6) is 0 Å². The van der Waals surface area contributed by atoms with E-state index in [-0.39, 0.29) is 5.78 Å². The van der Waals surface area contributed by atoms with Crippen molar-refractivity contribution in [3.05, 3.63) is 49.6 Å². The van der Waals surface area contributed by atoms with Gasteiger partial charge in [-0.25, -0.2) is 0 Å². The number of carbonyl (C=O) groups excluding carboxylic acids is 1. The zero-order valence-corrected chi connectivity index (χ0v) is 11.2. The first kappa shape index (κ1) is 11.6. The maximum atomic E-state index is 12.1. The van der Waals surface area contributed by atoms with E-state index in [1.54, 1.807) is 29.6 Å². The summed E-state index contributed by atoms with van der Waals surface area (Å²) in [5, 5.41) is 2.25. The molecule has 0 bridgehead atoms. The van der Waals surface area contributed by atoms with Gasteiger partial charge in [0.25, 0.3) is 0 Å². The number of nitrogens with two attached hydrogens (primary N) is 1. The van der Waals surface area contributed by atoms with Crippen LogP contribution < -0.4 is 5.73 Å². The highest BCUT2D eigenvalue weighted by molar-refractivity contribution is 9.10. The van der Waals surface area contributed by atoms with E-state index < -0.39 is 0 Å². The van der Waals surface area contributed by atoms with Crippen LogP contribution >= 0.6 is 38.9 Å². The quantitative estimate of drug-likeness (QED) is 0.673. The summed E-state index contributed by atoms with van der Waals surface area (Å²) in [7, 11) is 0. The number of hydrogen-bond acceptors (Lipinski definition) is 3. The molecule has 0 saturated carbocycles. The number of nitrogen functional groups attached to an aromatic ring is 1. The van der Waals surface area contributed by atoms with Crippen molar-refractivity contribution in [1.29, 1.82) is 0 Å². The van der Waals surface area contributed by atoms with Crippen LogP contribution in [-0.2, 0) is 0 Å². The molecule has 2 nitrogen and oxygen atoms in total. The SMILES string of the molecule is Nc1ccc(Br)cc1C(=O)c1sccc1Cl. The van der Waals surface area contributed by atoms with Gasteiger partial charge >= 0.3 is 0 Å². The second kappa shape index (κ2) is 4.57. The fraction of sp³-hybridized carbons (Fsp3) is 0. The van der Waals surface area contributed by atoms with E-state index in [1.807, 2.05) is 0 Å². The zero-order valence-electron chi connectivity index (χ0n) is 8.04. The Morgan fingerprint density at radius 2 is 2.12 bits per heavy atom. The van der Waals surface area contributed by atoms with Crippen LogP contribution in [0.4, 0.5) is 5.69 Å². The van der Waals surface area contributed by atoms with Gasteiger partial charge < -0.3 is 5.73 Å². The predicted octanol–water partition coefficient (Wildman–Crippen LogP) is 3.98. The van der Waals surface area contributed by atoms with Crippen molar-refractivity contribution in [2.75, 3.05) is 5.73 Å². The molecule has 2 rings (SSSR count). The van der Waals surface area contributed by atoms with Crippen molar-refractivity contribution < 1.29 is 4.79 Å². The Hall–Kier alpha value is -0.840. The van der Waals surface area contributed by atoms with Crippen LogP contribution in [0.15, 0.2) is 34.1 Å². The number of hydrogen-bond donors (Lipinski definition) is 1. The second-order valence-corrected chi connectivity index (χ2v) is 5.40. The van der Waals surface area contributed by atoms with Gasteiger partial charge in [-0.2, -0.15) is 0 Å². The standard InChI is InChI=1S/C11H7BrClNOS/c12-6-1-2-9(14)7(5-6)10(15)11-8(13)3-4-16-11/h1-5H,14H2. The average Bonchev–Trinajstić information content (AvgIpc) is 2.67. The van der Waals surface area contributed by atoms with Crippen LogP contribution in [-0.4, -0.2) is 5.78 Å². The summed E-state index contributed by atoms with van der Waals surface area (Å²) in [6.07, 6.45) is 0. The van der Waals surface area contributed by atoms with Gasteiger partial charge in [-0.3, -0.25) is 4.79 Å². The monoisotopic (exact) mass is 315 g/mol. The second-order valence-electron chi connectivity index (χ2n) is 3.16. The number of thiophene rings is 1. The number of rotatable bonds is 2. The first-order valence-electron chi connectivity index (χ1n) is 4.42. The highest BCUT2D eigenvalue weighted by atomic mass is 79.9. The van der Waals surface area contributed by atoms with E-state index in [2.05, 4.69) is 15.9 Å². The van der Waals surface area contributed by atoms with Crippen molar-refractivity contribution in [3.63, 3.8) is 0 Å². The Labute approximate surface area is 110 Å². The molecule has 1 heterocycles. The van der Waals surface area contributed by atoms with E-state index in [1.165, 1.54) is 11.3 Å². The van der Waals surface area contributed by atoms with Gasteiger partial charge in [0.2, 0.25) is 5.78 Å². The molecule has 0 saturated heterocycles. The molecule has 2 aromatic rings. The highest BCUT2D eigenvalue weighted by Gasteiger charge is 2.16. The fourth-order valence-electron chi connectivity index (χ4n) is 1.30. The number of carbonyl (C=O) groups is 1. The van der Waals surface area contributed by atoms with Crippen molar-refractivity contribution in [3.8, 4) is 0 Å². The van der Waals surface area contributed by atoms with Gasteiger partial charge in [-0.1, -0.05) is 27.5 Å². The third-order valence-corrected chi connectivity index (χ3v) is 3.92. The first-order valence-corrected chi connectivity index (χ1v) is 6.47. The molecule has 0 aliphatic heterocycles. The van der Waals surface area contributed by atoms with Crippen molar-refractivity contribution in [2.45, 2.75) is 0 Å². The highest BCUT2D eigenvalue weighted by Crippen LogP contribution is 2.28. The molecule has 0 spiro atoms. The van der Waals surface area contributed by atoms with Crippen LogP contribution in [0.3, 0.4) is 0 Å². The Morgan fingerprint density at radius 3 is 2.75 bits per heavy atom. The molecular weight excluding hydrogens is 310 g/mol. The van der Waals surface area contributed by atoms with Gasteiger partial charge in [0.05, 0.1) is 9.90 Å². The fourth-order valence-corrected chi connectivity index (χ4v) is 2.76. The molecule has 82 valence electrons. The maximum absolute atomic E-state index is 12.1. The summed E-state index contributed by atoms with van der Waals surface area (Å²) < 4.78 is 0.817. The Kier molecular flexibility index (Phi) is 3.33. The van der Waals surface area contributed by atoms with Crippen molar-refractivity contribution in [1.82, 2.24) is 0 Å². The molecular formula is C11H7BrClNOS. The smallest absolute Gasteiger partial charge is 0.206 e. The molecule has 0 atom stereocenters. The Bertz CT molecular complexity index is 553. The van der Waals surface area contributed by atoms with E-state index in [9.17, 15) is 4.79 Å². The molecule has 0 unspecified atom stereocenters. The molecule has 2 N–H and O–H groups in total. The summed E-state index contributed by atoms with van der Waals surface area (Å²) >= 11 is 10.5. The van der Waals surface area contributed by atoms with Crippen molar-refractivity contribution in [2.24, 2.45) is 0 Å². The van der Waals surface area contributed by atoms with Gasteiger partial charge in [0, 0.05) is 15.7 Å². The number of benzene rings is 1. The number of anilines is 1. The van der Waals surface area contributed by atoms with E-state index >= 15 is 0 Å². The van der Waals surface area contributed by atoms with Gasteiger partial charge in [0.15, 0.2) is 0 Å². The Balaban J connectivity index is 2.49. The minimum Gasteiger partial charge on any atom is -0.398 e. The molecule has 0 radical (unpaired) electrons. The van der Waals surface area contributed by atoms with Crippen LogP contribution in [0.2, 0.25) is 5.02 Å². The van der Waals surface area contributed by atoms with Gasteiger partial charge in [-0.15, -0.1) is 11.3 Å². The zero-order chi connectivity index (χ0) is 11.7. The molecule has 0 fully saturated rings. The van der Waals surface area contributed by atoms with Crippen LogP contribution in [0.25, 0.3) is 0 Å². The number of ketones is 1. The Morgan fingerprint density at radius 1 is 1.38 bits per heavy atom. The molecule has 1 aromatic carbocycles. The van der Waals surface area contributed by atoms with E-state index in [4.69, 9.17) is 17.3 Å². The molecule has 0 amide bonds. The normalized spacial score (nSPS) is 10.4. The lowest BCUT2D eigenvalue weighted by Crippen LogP contribution is -2.04. The maximum Gasteiger partial charge on any atom is 0.206 e. The minimum absolute atomic E-state index is 0.140. The van der Waals surface area contributed by atoms with Gasteiger partial charge in [-0.05, 0) is 29.6 Å². The van der Waals surface area contributed by atoms with Crippen molar-refractivity contribution >= 4 is 50.3 Å². The lowest BCUT2D eigenvalue weighted by Gasteiger charge is -2.04. The van der Waals surface area contributed by atoms with E-state index in [0.29, 0.717) is 21.2 Å². The summed E-state index contributed by atoms with van der Waals surface area (Å²) in [4.78, 5) is 12.6. The van der Waals surface area contributed by atoms with Gasteiger partial charge in [0.1, 0.15) is 0 Å². The molecule has 16 heavy (non-hydrogen) atoms. The average molecular weight is 317 g/mol. The third kappa shape index (κ3) is 2.14. The minimum atomic E-state index is -0.140. The summed E-state index contributed by atoms with van der Waals surface area (Å²) in [6.45, 7) is 0. The molecule has 0 aliphatic rings. The largest absolute Gasteiger partial charge is 0.398 e. The summed E-state index contributed by atoms with van der Waals surface area (Å²) in [6, 6.07) is 6.89. The third-order valence-electron chi connectivity index (χ3n) is 2.08. The topological polar surface area (TPSA) is 43.1 Å². The molecule has 0 aliphatic carbocycles. The molecule has 5 heteroatoms. The van der Waals surface area contributed by atoms with E-state index in [0.717, 1.165) is 4.47 Å². The predicted molar refractivity (Wildman–Crippen MR) is 71.3 cm³/mol. The summed E-state index contributed by atoms with van der Waals surface area (Å²) in [5.74, 6) is -0.140. The lowest BCUT2D eigenvalue weighted by atomic mass is 10.1. The van der Waals surface area contributed by atoms with Crippen LogP contribution in [0.1, 0.15) is 15.2 Å². The number of halogens is 2.